The van der Waals surface area contributed by atoms with E-state index in [1.807, 2.05) is 24.3 Å². The van der Waals surface area contributed by atoms with E-state index in [9.17, 15) is 13.2 Å². The number of fused-ring (bicyclic) bond motifs is 1. The fourth-order valence-electron chi connectivity index (χ4n) is 3.82. The second-order valence-electron chi connectivity index (χ2n) is 7.44. The summed E-state index contributed by atoms with van der Waals surface area (Å²) in [7, 11) is -2.07. The van der Waals surface area contributed by atoms with E-state index >= 15 is 0 Å². The summed E-state index contributed by atoms with van der Waals surface area (Å²) in [5, 5.41) is 0. The van der Waals surface area contributed by atoms with Gasteiger partial charge >= 0.3 is 0 Å². The minimum Gasteiger partial charge on any atom is -0.486 e. The van der Waals surface area contributed by atoms with Crippen molar-refractivity contribution < 1.29 is 22.7 Å². The highest BCUT2D eigenvalue weighted by Crippen LogP contribution is 2.32. The van der Waals surface area contributed by atoms with Crippen LogP contribution >= 0.6 is 15.9 Å². The molecule has 1 saturated heterocycles. The Bertz CT molecular complexity index is 1030. The molecule has 160 valence electrons. The fraction of sp³-hybridized carbons (Fsp3) is 0.381. The van der Waals surface area contributed by atoms with Crippen LogP contribution in [0.15, 0.2) is 57.9 Å². The standard InChI is InChI=1S/C21H23BrN2O5S/c1-23(13-16-14-28-19-6-2-3-7-20(19)29-16)21(25)18-5-4-12-24(18)30(26,27)17-10-8-15(22)9-11-17/h2-3,6-11,16,18H,4-5,12-14H2,1H3. The highest BCUT2D eigenvalue weighted by molar-refractivity contribution is 9.10. The molecular weight excluding hydrogens is 472 g/mol. The number of benzene rings is 2. The predicted molar refractivity (Wildman–Crippen MR) is 115 cm³/mol. The summed E-state index contributed by atoms with van der Waals surface area (Å²) in [6.07, 6.45) is 0.840. The first kappa shape index (κ1) is 21.1. The molecule has 0 aromatic heterocycles. The third-order valence-corrected chi connectivity index (χ3v) is 7.78. The Hall–Kier alpha value is -2.10. The lowest BCUT2D eigenvalue weighted by molar-refractivity contribution is -0.134. The van der Waals surface area contributed by atoms with Crippen LogP contribution in [0.25, 0.3) is 0 Å². The number of halogens is 1. The number of rotatable bonds is 5. The second kappa shape index (κ2) is 8.56. The molecular formula is C21H23BrN2O5S. The van der Waals surface area contributed by atoms with E-state index in [1.165, 1.54) is 4.31 Å². The Labute approximate surface area is 184 Å². The van der Waals surface area contributed by atoms with Crippen molar-refractivity contribution in [2.24, 2.45) is 0 Å². The van der Waals surface area contributed by atoms with Gasteiger partial charge in [0.05, 0.1) is 11.4 Å². The first-order chi connectivity index (χ1) is 14.4. The Balaban J connectivity index is 1.45. The van der Waals surface area contributed by atoms with Gasteiger partial charge in [0, 0.05) is 18.1 Å². The Kier molecular flexibility index (Phi) is 6.04. The third-order valence-electron chi connectivity index (χ3n) is 5.33. The zero-order valence-electron chi connectivity index (χ0n) is 16.5. The number of ether oxygens (including phenoxy) is 2. The summed E-state index contributed by atoms with van der Waals surface area (Å²) in [4.78, 5) is 14.9. The molecule has 0 radical (unpaired) electrons. The van der Waals surface area contributed by atoms with E-state index in [0.717, 1.165) is 4.47 Å². The topological polar surface area (TPSA) is 76.2 Å². The Morgan fingerprint density at radius 1 is 1.17 bits per heavy atom. The smallest absolute Gasteiger partial charge is 0.243 e. The van der Waals surface area contributed by atoms with E-state index in [0.29, 0.717) is 44.0 Å². The normalized spacial score (nSPS) is 21.4. The highest BCUT2D eigenvalue weighted by atomic mass is 79.9. The van der Waals surface area contributed by atoms with Crippen molar-refractivity contribution >= 4 is 31.9 Å². The van der Waals surface area contributed by atoms with Gasteiger partial charge in [-0.3, -0.25) is 4.79 Å². The van der Waals surface area contributed by atoms with Crippen LogP contribution in [0.3, 0.4) is 0 Å². The second-order valence-corrected chi connectivity index (χ2v) is 10.3. The molecule has 0 saturated carbocycles. The molecule has 0 N–H and O–H groups in total. The molecule has 4 rings (SSSR count). The zero-order valence-corrected chi connectivity index (χ0v) is 18.9. The van der Waals surface area contributed by atoms with Crippen molar-refractivity contribution in [3.63, 3.8) is 0 Å². The van der Waals surface area contributed by atoms with Gasteiger partial charge in [-0.2, -0.15) is 4.31 Å². The van der Waals surface area contributed by atoms with E-state index < -0.39 is 16.1 Å². The van der Waals surface area contributed by atoms with Gasteiger partial charge in [0.15, 0.2) is 17.6 Å². The maximum Gasteiger partial charge on any atom is 0.243 e. The molecule has 7 nitrogen and oxygen atoms in total. The van der Waals surface area contributed by atoms with Crippen LogP contribution < -0.4 is 9.47 Å². The summed E-state index contributed by atoms with van der Waals surface area (Å²) in [5.74, 6) is 1.11. The number of carbonyl (C=O) groups is 1. The maximum atomic E-state index is 13.1. The molecule has 2 heterocycles. The molecule has 1 fully saturated rings. The summed E-state index contributed by atoms with van der Waals surface area (Å²) in [6.45, 7) is 0.981. The molecule has 0 aliphatic carbocycles. The van der Waals surface area contributed by atoms with E-state index in [4.69, 9.17) is 9.47 Å². The summed E-state index contributed by atoms with van der Waals surface area (Å²) in [6, 6.07) is 13.2. The minimum atomic E-state index is -3.75. The number of likely N-dealkylation sites (N-methyl/N-ethyl adjacent to an activating group) is 1. The molecule has 0 bridgehead atoms. The number of hydrogen-bond donors (Lipinski definition) is 0. The largest absolute Gasteiger partial charge is 0.486 e. The highest BCUT2D eigenvalue weighted by Gasteiger charge is 2.41. The van der Waals surface area contributed by atoms with Gasteiger partial charge in [-0.25, -0.2) is 8.42 Å². The number of amides is 1. The van der Waals surface area contributed by atoms with Crippen molar-refractivity contribution in [1.82, 2.24) is 9.21 Å². The molecule has 1 amide bonds. The average Bonchev–Trinajstić information content (AvgIpc) is 3.24. The van der Waals surface area contributed by atoms with Crippen molar-refractivity contribution in [2.45, 2.75) is 29.9 Å². The molecule has 2 aliphatic rings. The van der Waals surface area contributed by atoms with E-state index in [1.54, 1.807) is 36.2 Å². The van der Waals surface area contributed by atoms with Crippen molar-refractivity contribution in [3.8, 4) is 11.5 Å². The zero-order chi connectivity index (χ0) is 21.3. The molecule has 2 atom stereocenters. The van der Waals surface area contributed by atoms with Gasteiger partial charge < -0.3 is 14.4 Å². The Morgan fingerprint density at radius 2 is 1.87 bits per heavy atom. The number of sulfonamides is 1. The van der Waals surface area contributed by atoms with Crippen LogP contribution in [0, 0.1) is 0 Å². The lowest BCUT2D eigenvalue weighted by Crippen LogP contribution is -2.49. The van der Waals surface area contributed by atoms with Crippen molar-refractivity contribution in [3.05, 3.63) is 53.0 Å². The number of carbonyl (C=O) groups excluding carboxylic acids is 1. The maximum absolute atomic E-state index is 13.1. The summed E-state index contributed by atoms with van der Waals surface area (Å²) in [5.41, 5.74) is 0. The first-order valence-corrected chi connectivity index (χ1v) is 12.0. The van der Waals surface area contributed by atoms with E-state index in [2.05, 4.69) is 15.9 Å². The SMILES string of the molecule is CN(CC1COc2ccccc2O1)C(=O)C1CCCN1S(=O)(=O)c1ccc(Br)cc1. The third kappa shape index (κ3) is 4.19. The molecule has 30 heavy (non-hydrogen) atoms. The van der Waals surface area contributed by atoms with Crippen LogP contribution in [0.1, 0.15) is 12.8 Å². The predicted octanol–water partition coefficient (Wildman–Crippen LogP) is 2.90. The van der Waals surface area contributed by atoms with Crippen LogP contribution in [-0.2, 0) is 14.8 Å². The van der Waals surface area contributed by atoms with E-state index in [-0.39, 0.29) is 16.9 Å². The number of hydrogen-bond acceptors (Lipinski definition) is 5. The quantitative estimate of drug-likeness (QED) is 0.638. The number of nitrogens with zero attached hydrogens (tertiary/aromatic N) is 2. The van der Waals surface area contributed by atoms with Crippen LogP contribution in [0.4, 0.5) is 0 Å². The minimum absolute atomic E-state index is 0.189. The van der Waals surface area contributed by atoms with Gasteiger partial charge in [0.2, 0.25) is 15.9 Å². The monoisotopic (exact) mass is 494 g/mol. The lowest BCUT2D eigenvalue weighted by Gasteiger charge is -2.32. The van der Waals surface area contributed by atoms with Crippen molar-refractivity contribution in [2.75, 3.05) is 26.7 Å². The van der Waals surface area contributed by atoms with Crippen molar-refractivity contribution in [1.29, 1.82) is 0 Å². The first-order valence-electron chi connectivity index (χ1n) is 9.77. The van der Waals surface area contributed by atoms with Gasteiger partial charge in [-0.05, 0) is 49.2 Å². The van der Waals surface area contributed by atoms with Gasteiger partial charge in [0.1, 0.15) is 12.6 Å². The molecule has 9 heteroatoms. The van der Waals surface area contributed by atoms with Gasteiger partial charge in [-0.1, -0.05) is 28.1 Å². The number of para-hydroxylation sites is 2. The van der Waals surface area contributed by atoms with Gasteiger partial charge in [-0.15, -0.1) is 0 Å². The molecule has 2 aliphatic heterocycles. The Morgan fingerprint density at radius 3 is 2.60 bits per heavy atom. The molecule has 2 unspecified atom stereocenters. The molecule has 2 aromatic carbocycles. The van der Waals surface area contributed by atoms with Gasteiger partial charge in [0.25, 0.3) is 0 Å². The molecule has 0 spiro atoms. The van der Waals surface area contributed by atoms with Crippen LogP contribution in [0.2, 0.25) is 0 Å². The van der Waals surface area contributed by atoms with Crippen LogP contribution in [-0.4, -0.2) is 62.4 Å². The molecule has 2 aromatic rings. The lowest BCUT2D eigenvalue weighted by atomic mass is 10.2. The summed E-state index contributed by atoms with van der Waals surface area (Å²) >= 11 is 3.32. The van der Waals surface area contributed by atoms with Crippen LogP contribution in [0.5, 0.6) is 11.5 Å². The fourth-order valence-corrected chi connectivity index (χ4v) is 5.73. The summed E-state index contributed by atoms with van der Waals surface area (Å²) < 4.78 is 40.0. The average molecular weight is 495 g/mol.